The summed E-state index contributed by atoms with van der Waals surface area (Å²) in [5.41, 5.74) is 2.31. The fourth-order valence-corrected chi connectivity index (χ4v) is 4.09. The summed E-state index contributed by atoms with van der Waals surface area (Å²) in [7, 11) is 0. The molecule has 1 aromatic heterocycles. The normalized spacial score (nSPS) is 17.5. The van der Waals surface area contributed by atoms with Gasteiger partial charge in [0.2, 0.25) is 5.91 Å². The van der Waals surface area contributed by atoms with Crippen LogP contribution >= 0.6 is 11.6 Å². The Bertz CT molecular complexity index is 820. The minimum atomic E-state index is -0.388. The predicted molar refractivity (Wildman–Crippen MR) is 101 cm³/mol. The zero-order valence-corrected chi connectivity index (χ0v) is 15.3. The van der Waals surface area contributed by atoms with Crippen molar-refractivity contribution in [3.8, 4) is 0 Å². The van der Waals surface area contributed by atoms with E-state index in [1.165, 1.54) is 17.8 Å². The van der Waals surface area contributed by atoms with Gasteiger partial charge >= 0.3 is 0 Å². The molecular formula is C20H21ClFN3O. The van der Waals surface area contributed by atoms with Crippen molar-refractivity contribution >= 4 is 29.0 Å². The third kappa shape index (κ3) is 3.40. The Morgan fingerprint density at radius 1 is 1.23 bits per heavy atom. The molecule has 0 saturated carbocycles. The zero-order valence-electron chi connectivity index (χ0n) is 14.5. The molecule has 2 aliphatic rings. The first-order valence-corrected chi connectivity index (χ1v) is 9.44. The third-order valence-electron chi connectivity index (χ3n) is 5.35. The highest BCUT2D eigenvalue weighted by Gasteiger charge is 2.28. The van der Waals surface area contributed by atoms with Crippen LogP contribution in [-0.4, -0.2) is 30.5 Å². The van der Waals surface area contributed by atoms with Gasteiger partial charge in [-0.15, -0.1) is 0 Å². The molecule has 4 rings (SSSR count). The quantitative estimate of drug-likeness (QED) is 0.813. The molecule has 1 amide bonds. The van der Waals surface area contributed by atoms with E-state index < -0.39 is 0 Å². The molecule has 0 atom stereocenters. The van der Waals surface area contributed by atoms with Crippen LogP contribution in [0.3, 0.4) is 0 Å². The van der Waals surface area contributed by atoms with Crippen molar-refractivity contribution in [2.75, 3.05) is 29.4 Å². The molecule has 26 heavy (non-hydrogen) atoms. The van der Waals surface area contributed by atoms with E-state index in [2.05, 4.69) is 11.1 Å². The Kier molecular flexibility index (Phi) is 4.81. The third-order valence-corrected chi connectivity index (χ3v) is 5.56. The molecule has 0 bridgehead atoms. The minimum absolute atomic E-state index is 0.198. The number of benzene rings is 1. The Morgan fingerprint density at radius 3 is 2.77 bits per heavy atom. The summed E-state index contributed by atoms with van der Waals surface area (Å²) in [5, 5.41) is 0.303. The van der Waals surface area contributed by atoms with Gasteiger partial charge in [-0.25, -0.2) is 9.37 Å². The summed E-state index contributed by atoms with van der Waals surface area (Å²) in [6.45, 7) is 2.19. The highest BCUT2D eigenvalue weighted by atomic mass is 35.5. The lowest BCUT2D eigenvalue weighted by Crippen LogP contribution is -2.37. The maximum Gasteiger partial charge on any atom is 0.227 e. The SMILES string of the molecule is O=C(CC1CCN(c2ncc(Cl)cc2F)CC1)N1CCc2ccccc21. The number of hydrogen-bond acceptors (Lipinski definition) is 3. The Labute approximate surface area is 157 Å². The van der Waals surface area contributed by atoms with Crippen LogP contribution < -0.4 is 9.80 Å². The highest BCUT2D eigenvalue weighted by molar-refractivity contribution is 6.30. The van der Waals surface area contributed by atoms with Gasteiger partial charge in [0.05, 0.1) is 5.02 Å². The largest absolute Gasteiger partial charge is 0.354 e. The van der Waals surface area contributed by atoms with Crippen LogP contribution in [0.1, 0.15) is 24.8 Å². The number of aromatic nitrogens is 1. The molecule has 136 valence electrons. The summed E-state index contributed by atoms with van der Waals surface area (Å²) in [6, 6.07) is 9.42. The standard InChI is InChI=1S/C20H21ClFN3O/c21-16-12-17(22)20(23-13-16)24-8-5-14(6-9-24)11-19(26)25-10-7-15-3-1-2-4-18(15)25/h1-4,12-14H,5-11H2. The molecule has 0 N–H and O–H groups in total. The highest BCUT2D eigenvalue weighted by Crippen LogP contribution is 2.31. The molecule has 1 fully saturated rings. The molecule has 2 aromatic rings. The number of para-hydroxylation sites is 1. The number of piperidine rings is 1. The molecule has 1 saturated heterocycles. The van der Waals surface area contributed by atoms with E-state index in [0.717, 1.165) is 31.5 Å². The van der Waals surface area contributed by atoms with Crippen LogP contribution in [0.4, 0.5) is 15.9 Å². The number of carbonyl (C=O) groups excluding carboxylic acids is 1. The number of halogens is 2. The van der Waals surface area contributed by atoms with Crippen LogP contribution in [0.2, 0.25) is 5.02 Å². The number of nitrogens with zero attached hydrogens (tertiary/aromatic N) is 3. The van der Waals surface area contributed by atoms with Gasteiger partial charge in [-0.3, -0.25) is 4.79 Å². The molecule has 6 heteroatoms. The summed E-state index contributed by atoms with van der Waals surface area (Å²) in [5.74, 6) is 0.499. The molecule has 0 spiro atoms. The van der Waals surface area contributed by atoms with Gasteiger partial charge in [0.1, 0.15) is 0 Å². The summed E-state index contributed by atoms with van der Waals surface area (Å²) in [6.07, 6.45) is 4.69. The van der Waals surface area contributed by atoms with E-state index in [-0.39, 0.29) is 11.7 Å². The van der Waals surface area contributed by atoms with Crippen molar-refractivity contribution in [2.24, 2.45) is 5.92 Å². The van der Waals surface area contributed by atoms with Crippen LogP contribution in [0.25, 0.3) is 0 Å². The maximum absolute atomic E-state index is 14.0. The van der Waals surface area contributed by atoms with Gasteiger partial charge in [-0.2, -0.15) is 0 Å². The molecule has 0 radical (unpaired) electrons. The van der Waals surface area contributed by atoms with Gasteiger partial charge in [-0.1, -0.05) is 29.8 Å². The van der Waals surface area contributed by atoms with Crippen LogP contribution in [0.15, 0.2) is 36.5 Å². The van der Waals surface area contributed by atoms with Crippen molar-refractivity contribution in [3.05, 3.63) is 52.9 Å². The van der Waals surface area contributed by atoms with E-state index in [4.69, 9.17) is 11.6 Å². The summed E-state index contributed by atoms with van der Waals surface area (Å²) < 4.78 is 14.0. The number of rotatable bonds is 3. The van der Waals surface area contributed by atoms with Crippen LogP contribution in [0.5, 0.6) is 0 Å². The molecule has 2 aliphatic heterocycles. The minimum Gasteiger partial charge on any atom is -0.354 e. The van der Waals surface area contributed by atoms with E-state index >= 15 is 0 Å². The zero-order chi connectivity index (χ0) is 18.1. The summed E-state index contributed by atoms with van der Waals surface area (Å²) in [4.78, 5) is 20.7. The number of anilines is 2. The first kappa shape index (κ1) is 17.3. The molecule has 1 aromatic carbocycles. The Morgan fingerprint density at radius 2 is 2.00 bits per heavy atom. The lowest BCUT2D eigenvalue weighted by Gasteiger charge is -2.33. The van der Waals surface area contributed by atoms with Crippen molar-refractivity contribution in [3.63, 3.8) is 0 Å². The van der Waals surface area contributed by atoms with Gasteiger partial charge < -0.3 is 9.80 Å². The van der Waals surface area contributed by atoms with Crippen molar-refractivity contribution in [1.29, 1.82) is 0 Å². The van der Waals surface area contributed by atoms with E-state index in [1.807, 2.05) is 28.0 Å². The average Bonchev–Trinajstić information content (AvgIpc) is 3.07. The van der Waals surface area contributed by atoms with Crippen molar-refractivity contribution < 1.29 is 9.18 Å². The Hall–Kier alpha value is -2.14. The summed E-state index contributed by atoms with van der Waals surface area (Å²) >= 11 is 5.77. The maximum atomic E-state index is 14.0. The average molecular weight is 374 g/mol. The van der Waals surface area contributed by atoms with Crippen LogP contribution in [0, 0.1) is 11.7 Å². The number of fused-ring (bicyclic) bond motifs is 1. The van der Waals surface area contributed by atoms with E-state index in [1.54, 1.807) is 0 Å². The van der Waals surface area contributed by atoms with E-state index in [9.17, 15) is 9.18 Å². The topological polar surface area (TPSA) is 36.4 Å². The molecule has 0 aliphatic carbocycles. The number of hydrogen-bond donors (Lipinski definition) is 0. The number of carbonyl (C=O) groups is 1. The second kappa shape index (κ2) is 7.23. The Balaban J connectivity index is 1.35. The number of amides is 1. The van der Waals surface area contributed by atoms with Gasteiger partial charge in [0.15, 0.2) is 11.6 Å². The lowest BCUT2D eigenvalue weighted by atomic mass is 9.93. The lowest BCUT2D eigenvalue weighted by molar-refractivity contribution is -0.119. The first-order chi connectivity index (χ1) is 12.6. The molecular weight excluding hydrogens is 353 g/mol. The fourth-order valence-electron chi connectivity index (χ4n) is 3.94. The van der Waals surface area contributed by atoms with Crippen LogP contribution in [-0.2, 0) is 11.2 Å². The van der Waals surface area contributed by atoms with Crippen molar-refractivity contribution in [1.82, 2.24) is 4.98 Å². The number of pyridine rings is 1. The first-order valence-electron chi connectivity index (χ1n) is 9.06. The smallest absolute Gasteiger partial charge is 0.227 e. The molecule has 3 heterocycles. The van der Waals surface area contributed by atoms with E-state index in [0.29, 0.717) is 36.3 Å². The fraction of sp³-hybridized carbons (Fsp3) is 0.400. The van der Waals surface area contributed by atoms with Crippen molar-refractivity contribution in [2.45, 2.75) is 25.7 Å². The van der Waals surface area contributed by atoms with Gasteiger partial charge in [0, 0.05) is 37.9 Å². The molecule has 0 unspecified atom stereocenters. The molecule has 4 nitrogen and oxygen atoms in total. The second-order valence-corrected chi connectivity index (χ2v) is 7.45. The second-order valence-electron chi connectivity index (χ2n) is 7.02. The van der Waals surface area contributed by atoms with Gasteiger partial charge in [-0.05, 0) is 42.9 Å². The van der Waals surface area contributed by atoms with Gasteiger partial charge in [0.25, 0.3) is 0 Å². The monoisotopic (exact) mass is 373 g/mol. The predicted octanol–water partition coefficient (Wildman–Crippen LogP) is 4.07.